The molecule has 2 N–H and O–H groups in total. The van der Waals surface area contributed by atoms with Gasteiger partial charge in [-0.1, -0.05) is 6.07 Å². The van der Waals surface area contributed by atoms with E-state index in [1.165, 1.54) is 27.4 Å². The molecule has 2 atom stereocenters. The number of phenols is 1. The normalized spacial score (nSPS) is 21.6. The van der Waals surface area contributed by atoms with Crippen LogP contribution in [0.15, 0.2) is 30.3 Å². The van der Waals surface area contributed by atoms with E-state index in [0.29, 0.717) is 22.6 Å². The molecule has 2 aromatic rings. The predicted octanol–water partition coefficient (Wildman–Crippen LogP) is 2.36. The van der Waals surface area contributed by atoms with Crippen LogP contribution in [-0.2, 0) is 10.3 Å². The molecule has 0 amide bonds. The number of aliphatic hydroxyl groups is 1. The van der Waals surface area contributed by atoms with Crippen molar-refractivity contribution in [1.82, 2.24) is 0 Å². The Labute approximate surface area is 140 Å². The molecule has 0 bridgehead atoms. The number of phenolic OH excluding ortho intramolecular Hbond substituents is 1. The standard InChI is InChI=1S/C18H20O6/c1-21-10-5-8-14(22-2)12(9-10)18(20)15-11(17(18)24-4)6-7-13(19)16(15)23-3/h5-9,17,19-20H,1-4H3/t17-,18-/m0/s1. The minimum atomic E-state index is -1.53. The summed E-state index contributed by atoms with van der Waals surface area (Å²) in [5.74, 6) is 1.22. The molecule has 0 aromatic heterocycles. The monoisotopic (exact) mass is 332 g/mol. The third-order valence-electron chi connectivity index (χ3n) is 4.47. The predicted molar refractivity (Wildman–Crippen MR) is 87.0 cm³/mol. The zero-order valence-electron chi connectivity index (χ0n) is 14.0. The van der Waals surface area contributed by atoms with Gasteiger partial charge in [-0.25, -0.2) is 0 Å². The van der Waals surface area contributed by atoms with Crippen LogP contribution in [0, 0.1) is 0 Å². The maximum Gasteiger partial charge on any atom is 0.167 e. The van der Waals surface area contributed by atoms with Crippen molar-refractivity contribution in [3.8, 4) is 23.0 Å². The fourth-order valence-electron chi connectivity index (χ4n) is 3.37. The fourth-order valence-corrected chi connectivity index (χ4v) is 3.37. The number of hydrogen-bond donors (Lipinski definition) is 2. The van der Waals surface area contributed by atoms with Crippen molar-refractivity contribution >= 4 is 0 Å². The van der Waals surface area contributed by atoms with E-state index in [-0.39, 0.29) is 11.5 Å². The van der Waals surface area contributed by atoms with E-state index in [1.54, 1.807) is 31.4 Å². The first-order valence-corrected chi connectivity index (χ1v) is 7.40. The van der Waals surface area contributed by atoms with Gasteiger partial charge in [0.05, 0.1) is 21.3 Å². The lowest BCUT2D eigenvalue weighted by molar-refractivity contribution is -0.105. The van der Waals surface area contributed by atoms with Crippen LogP contribution in [0.5, 0.6) is 23.0 Å². The van der Waals surface area contributed by atoms with Crippen molar-refractivity contribution in [2.45, 2.75) is 11.7 Å². The summed E-state index contributed by atoms with van der Waals surface area (Å²) in [5.41, 5.74) is 0.157. The summed E-state index contributed by atoms with van der Waals surface area (Å²) >= 11 is 0. The molecular formula is C18H20O6. The number of fused-ring (bicyclic) bond motifs is 1. The van der Waals surface area contributed by atoms with Crippen LogP contribution in [-0.4, -0.2) is 38.7 Å². The number of hydrogen-bond acceptors (Lipinski definition) is 6. The SMILES string of the molecule is COc1ccc(OC)c([C@]2(O)c3c(ccc(O)c3OC)[C@@H]2OC)c1. The molecule has 0 saturated heterocycles. The molecule has 2 aromatic carbocycles. The molecule has 6 nitrogen and oxygen atoms in total. The molecule has 0 radical (unpaired) electrons. The molecule has 0 fully saturated rings. The Balaban J connectivity index is 2.28. The van der Waals surface area contributed by atoms with Crippen molar-refractivity contribution in [2.75, 3.05) is 28.4 Å². The van der Waals surface area contributed by atoms with Crippen LogP contribution >= 0.6 is 0 Å². The van der Waals surface area contributed by atoms with Crippen molar-refractivity contribution in [2.24, 2.45) is 0 Å². The molecule has 6 heteroatoms. The number of rotatable bonds is 5. The van der Waals surface area contributed by atoms with Gasteiger partial charge >= 0.3 is 0 Å². The largest absolute Gasteiger partial charge is 0.504 e. The Kier molecular flexibility index (Phi) is 4.03. The minimum Gasteiger partial charge on any atom is -0.504 e. The quantitative estimate of drug-likeness (QED) is 0.875. The highest BCUT2D eigenvalue weighted by Gasteiger charge is 2.56. The summed E-state index contributed by atoms with van der Waals surface area (Å²) in [5, 5.41) is 21.6. The first-order valence-electron chi connectivity index (χ1n) is 7.40. The third-order valence-corrected chi connectivity index (χ3v) is 4.47. The number of aromatic hydroxyl groups is 1. The van der Waals surface area contributed by atoms with E-state index in [1.807, 2.05) is 0 Å². The molecule has 1 aliphatic rings. The van der Waals surface area contributed by atoms with Crippen LogP contribution in [0.1, 0.15) is 22.8 Å². The van der Waals surface area contributed by atoms with Gasteiger partial charge in [0, 0.05) is 18.2 Å². The fraction of sp³-hybridized carbons (Fsp3) is 0.333. The summed E-state index contributed by atoms with van der Waals surface area (Å²) in [4.78, 5) is 0. The summed E-state index contributed by atoms with van der Waals surface area (Å²) in [6.07, 6.45) is -0.622. The lowest BCUT2D eigenvalue weighted by Crippen LogP contribution is -2.46. The van der Waals surface area contributed by atoms with Gasteiger partial charge in [-0.2, -0.15) is 0 Å². The Bertz CT molecular complexity index is 772. The van der Waals surface area contributed by atoms with Gasteiger partial charge in [0.15, 0.2) is 17.1 Å². The zero-order chi connectivity index (χ0) is 17.5. The van der Waals surface area contributed by atoms with Crippen molar-refractivity contribution in [1.29, 1.82) is 0 Å². The Morgan fingerprint density at radius 3 is 2.29 bits per heavy atom. The molecule has 0 aliphatic heterocycles. The second-order valence-corrected chi connectivity index (χ2v) is 5.53. The third kappa shape index (κ3) is 2.03. The number of methoxy groups -OCH3 is 4. The highest BCUT2D eigenvalue weighted by molar-refractivity contribution is 5.66. The van der Waals surface area contributed by atoms with Gasteiger partial charge in [-0.05, 0) is 29.8 Å². The van der Waals surface area contributed by atoms with Crippen molar-refractivity contribution in [3.63, 3.8) is 0 Å². The summed E-state index contributed by atoms with van der Waals surface area (Å²) in [7, 11) is 6.03. The summed E-state index contributed by atoms with van der Waals surface area (Å²) in [6, 6.07) is 8.38. The molecule has 0 heterocycles. The molecule has 0 saturated carbocycles. The van der Waals surface area contributed by atoms with Crippen LogP contribution in [0.2, 0.25) is 0 Å². The molecule has 0 spiro atoms. The highest BCUT2D eigenvalue weighted by Crippen LogP contribution is 2.61. The van der Waals surface area contributed by atoms with Crippen molar-refractivity contribution in [3.05, 3.63) is 47.0 Å². The Morgan fingerprint density at radius 2 is 1.71 bits per heavy atom. The topological polar surface area (TPSA) is 77.4 Å². The van der Waals surface area contributed by atoms with E-state index in [2.05, 4.69) is 0 Å². The molecule has 0 unspecified atom stereocenters. The van der Waals surface area contributed by atoms with Gasteiger partial charge in [0.25, 0.3) is 0 Å². The van der Waals surface area contributed by atoms with Crippen LogP contribution in [0.4, 0.5) is 0 Å². The maximum absolute atomic E-state index is 11.5. The van der Waals surface area contributed by atoms with Gasteiger partial charge in [-0.3, -0.25) is 0 Å². The minimum absolute atomic E-state index is 0.0499. The van der Waals surface area contributed by atoms with Crippen LogP contribution in [0.25, 0.3) is 0 Å². The van der Waals surface area contributed by atoms with Gasteiger partial charge < -0.3 is 29.2 Å². The van der Waals surface area contributed by atoms with E-state index in [4.69, 9.17) is 18.9 Å². The van der Waals surface area contributed by atoms with Crippen molar-refractivity contribution < 1.29 is 29.2 Å². The first kappa shape index (κ1) is 16.4. The molecule has 128 valence electrons. The number of ether oxygens (including phenoxy) is 4. The van der Waals surface area contributed by atoms with Crippen LogP contribution in [0.3, 0.4) is 0 Å². The lowest BCUT2D eigenvalue weighted by Gasteiger charge is -2.47. The highest BCUT2D eigenvalue weighted by atomic mass is 16.5. The second-order valence-electron chi connectivity index (χ2n) is 5.53. The van der Waals surface area contributed by atoms with E-state index in [9.17, 15) is 10.2 Å². The average molecular weight is 332 g/mol. The Morgan fingerprint density at radius 1 is 0.958 bits per heavy atom. The maximum atomic E-state index is 11.5. The van der Waals surface area contributed by atoms with Gasteiger partial charge in [0.2, 0.25) is 0 Å². The van der Waals surface area contributed by atoms with E-state index >= 15 is 0 Å². The average Bonchev–Trinajstić information content (AvgIpc) is 2.61. The summed E-state index contributed by atoms with van der Waals surface area (Å²) in [6.45, 7) is 0. The Hall–Kier alpha value is -2.44. The van der Waals surface area contributed by atoms with Gasteiger partial charge in [-0.15, -0.1) is 0 Å². The van der Waals surface area contributed by atoms with E-state index in [0.717, 1.165) is 5.56 Å². The summed E-state index contributed by atoms with van der Waals surface area (Å²) < 4.78 is 21.5. The molecule has 24 heavy (non-hydrogen) atoms. The molecule has 3 rings (SSSR count). The lowest BCUT2D eigenvalue weighted by atomic mass is 9.66. The van der Waals surface area contributed by atoms with E-state index < -0.39 is 11.7 Å². The molecule has 1 aliphatic carbocycles. The number of benzene rings is 2. The smallest absolute Gasteiger partial charge is 0.167 e. The van der Waals surface area contributed by atoms with Gasteiger partial charge in [0.1, 0.15) is 17.6 Å². The zero-order valence-corrected chi connectivity index (χ0v) is 14.0. The first-order chi connectivity index (χ1) is 11.5. The van der Waals surface area contributed by atoms with Crippen LogP contribution < -0.4 is 14.2 Å². The second kappa shape index (κ2) is 5.89. The molecular weight excluding hydrogens is 312 g/mol.